The third kappa shape index (κ3) is 2.56. The number of benzene rings is 1. The Labute approximate surface area is 111 Å². The molecule has 2 rings (SSSR count). The second-order valence-corrected chi connectivity index (χ2v) is 6.04. The van der Waals surface area contributed by atoms with E-state index in [1.54, 1.807) is 12.1 Å². The molecular weight excluding hydrogens is 246 g/mol. The zero-order valence-electron chi connectivity index (χ0n) is 10.5. The van der Waals surface area contributed by atoms with Crippen LogP contribution in [0.25, 0.3) is 0 Å². The molecule has 4 nitrogen and oxygen atoms in total. The van der Waals surface area contributed by atoms with Crippen LogP contribution in [0.2, 0.25) is 0 Å². The molecule has 0 saturated heterocycles. The summed E-state index contributed by atoms with van der Waals surface area (Å²) in [6, 6.07) is 5.22. The predicted molar refractivity (Wildman–Crippen MR) is 78.0 cm³/mol. The molecule has 1 aromatic carbocycles. The molecule has 0 atom stereocenters. The van der Waals surface area contributed by atoms with Crippen molar-refractivity contribution in [2.24, 2.45) is 5.73 Å². The first kappa shape index (κ1) is 13.1. The number of thioether (sulfide) groups is 1. The molecule has 98 valence electrons. The van der Waals surface area contributed by atoms with Crippen molar-refractivity contribution in [3.63, 3.8) is 0 Å². The minimum atomic E-state index is -0.448. The number of nitrogens with one attached hydrogen (secondary N) is 1. The van der Waals surface area contributed by atoms with Crippen molar-refractivity contribution in [1.29, 1.82) is 0 Å². The SMILES string of the molecule is CSC1(CNc2ccc(N)cc2C(N)=O)CCC1. The summed E-state index contributed by atoms with van der Waals surface area (Å²) in [6.45, 7) is 0.859. The number of hydrogen-bond donors (Lipinski definition) is 3. The molecule has 5 heteroatoms. The summed E-state index contributed by atoms with van der Waals surface area (Å²) in [7, 11) is 0. The topological polar surface area (TPSA) is 81.1 Å². The van der Waals surface area contributed by atoms with Gasteiger partial charge in [0.05, 0.1) is 5.56 Å². The molecule has 1 amide bonds. The molecule has 0 heterocycles. The van der Waals surface area contributed by atoms with Crippen LogP contribution < -0.4 is 16.8 Å². The number of anilines is 2. The summed E-state index contributed by atoms with van der Waals surface area (Å²) >= 11 is 1.89. The van der Waals surface area contributed by atoms with E-state index < -0.39 is 5.91 Å². The fraction of sp³-hybridized carbons (Fsp3) is 0.462. The van der Waals surface area contributed by atoms with Crippen LogP contribution in [0, 0.1) is 0 Å². The van der Waals surface area contributed by atoms with Gasteiger partial charge in [0.25, 0.3) is 5.91 Å². The van der Waals surface area contributed by atoms with Crippen molar-refractivity contribution in [2.45, 2.75) is 24.0 Å². The molecule has 0 aromatic heterocycles. The molecule has 0 bridgehead atoms. The maximum absolute atomic E-state index is 11.4. The van der Waals surface area contributed by atoms with E-state index in [1.165, 1.54) is 19.3 Å². The molecule has 1 saturated carbocycles. The highest BCUT2D eigenvalue weighted by Gasteiger charge is 2.35. The second-order valence-electron chi connectivity index (χ2n) is 4.76. The first-order chi connectivity index (χ1) is 8.56. The van der Waals surface area contributed by atoms with Crippen LogP contribution in [-0.2, 0) is 0 Å². The molecule has 0 aliphatic heterocycles. The van der Waals surface area contributed by atoms with E-state index in [2.05, 4.69) is 11.6 Å². The number of primary amides is 1. The maximum atomic E-state index is 11.4. The van der Waals surface area contributed by atoms with Gasteiger partial charge in [-0.05, 0) is 37.3 Å². The van der Waals surface area contributed by atoms with Crippen LogP contribution in [-0.4, -0.2) is 23.5 Å². The standard InChI is InChI=1S/C13H19N3OS/c1-18-13(5-2-6-13)8-16-11-4-3-9(14)7-10(11)12(15)17/h3-4,7,16H,2,5-6,8,14H2,1H3,(H2,15,17). The highest BCUT2D eigenvalue weighted by Crippen LogP contribution is 2.42. The number of carbonyl (C=O) groups excluding carboxylic acids is 1. The Morgan fingerprint density at radius 1 is 1.50 bits per heavy atom. The Balaban J connectivity index is 2.11. The van der Waals surface area contributed by atoms with Crippen molar-refractivity contribution < 1.29 is 4.79 Å². The van der Waals surface area contributed by atoms with Crippen molar-refractivity contribution >= 4 is 29.0 Å². The third-order valence-electron chi connectivity index (χ3n) is 3.61. The van der Waals surface area contributed by atoms with Crippen LogP contribution in [0.1, 0.15) is 29.6 Å². The minimum Gasteiger partial charge on any atom is -0.399 e. The first-order valence-corrected chi connectivity index (χ1v) is 7.27. The summed E-state index contributed by atoms with van der Waals surface area (Å²) in [5, 5.41) is 3.34. The van der Waals surface area contributed by atoms with E-state index in [0.717, 1.165) is 12.2 Å². The van der Waals surface area contributed by atoms with Crippen LogP contribution in [0.4, 0.5) is 11.4 Å². The number of carbonyl (C=O) groups is 1. The minimum absolute atomic E-state index is 0.316. The Bertz CT molecular complexity index is 452. The average Bonchev–Trinajstić information content (AvgIpc) is 2.29. The van der Waals surface area contributed by atoms with E-state index in [-0.39, 0.29) is 0 Å². The molecular formula is C13H19N3OS. The molecule has 1 fully saturated rings. The van der Waals surface area contributed by atoms with Gasteiger partial charge >= 0.3 is 0 Å². The smallest absolute Gasteiger partial charge is 0.250 e. The molecule has 1 aromatic rings. The fourth-order valence-electron chi connectivity index (χ4n) is 2.20. The van der Waals surface area contributed by atoms with E-state index in [0.29, 0.717) is 16.0 Å². The number of nitrogen functional groups attached to an aromatic ring is 1. The number of rotatable bonds is 5. The maximum Gasteiger partial charge on any atom is 0.250 e. The van der Waals surface area contributed by atoms with Crippen molar-refractivity contribution in [3.05, 3.63) is 23.8 Å². The van der Waals surface area contributed by atoms with E-state index >= 15 is 0 Å². The van der Waals surface area contributed by atoms with Gasteiger partial charge in [-0.15, -0.1) is 0 Å². The van der Waals surface area contributed by atoms with Crippen molar-refractivity contribution in [2.75, 3.05) is 23.9 Å². The van der Waals surface area contributed by atoms with Crippen LogP contribution in [0.5, 0.6) is 0 Å². The van der Waals surface area contributed by atoms with Crippen molar-refractivity contribution in [1.82, 2.24) is 0 Å². The highest BCUT2D eigenvalue weighted by atomic mass is 32.2. The van der Waals surface area contributed by atoms with Crippen molar-refractivity contribution in [3.8, 4) is 0 Å². The quantitative estimate of drug-likeness (QED) is 0.712. The van der Waals surface area contributed by atoms with Gasteiger partial charge in [-0.25, -0.2) is 0 Å². The third-order valence-corrected chi connectivity index (χ3v) is 5.03. The van der Waals surface area contributed by atoms with Gasteiger partial charge in [0, 0.05) is 22.7 Å². The average molecular weight is 265 g/mol. The Kier molecular flexibility index (Phi) is 3.71. The molecule has 1 aliphatic carbocycles. The summed E-state index contributed by atoms with van der Waals surface area (Å²) in [5.41, 5.74) is 12.8. The summed E-state index contributed by atoms with van der Waals surface area (Å²) in [6.07, 6.45) is 5.87. The predicted octanol–water partition coefficient (Wildman–Crippen LogP) is 2.07. The molecule has 0 radical (unpaired) electrons. The molecule has 0 spiro atoms. The Morgan fingerprint density at radius 3 is 2.72 bits per heavy atom. The first-order valence-electron chi connectivity index (χ1n) is 6.05. The summed E-state index contributed by atoms with van der Waals surface area (Å²) < 4.78 is 0.316. The molecule has 0 unspecified atom stereocenters. The van der Waals surface area contributed by atoms with Gasteiger partial charge in [0.1, 0.15) is 0 Å². The lowest BCUT2D eigenvalue weighted by atomic mass is 9.84. The molecule has 5 N–H and O–H groups in total. The van der Waals surface area contributed by atoms with E-state index in [4.69, 9.17) is 11.5 Å². The van der Waals surface area contributed by atoms with E-state index in [1.807, 2.05) is 17.8 Å². The van der Waals surface area contributed by atoms with Gasteiger partial charge < -0.3 is 16.8 Å². The zero-order valence-corrected chi connectivity index (χ0v) is 11.3. The lowest BCUT2D eigenvalue weighted by Crippen LogP contribution is -2.40. The lowest BCUT2D eigenvalue weighted by molar-refractivity contribution is 0.100. The van der Waals surface area contributed by atoms with Crippen LogP contribution in [0.15, 0.2) is 18.2 Å². The fourth-order valence-corrected chi connectivity index (χ4v) is 3.11. The molecule has 1 aliphatic rings. The largest absolute Gasteiger partial charge is 0.399 e. The van der Waals surface area contributed by atoms with Gasteiger partial charge in [-0.2, -0.15) is 11.8 Å². The van der Waals surface area contributed by atoms with E-state index in [9.17, 15) is 4.79 Å². The number of amides is 1. The van der Waals surface area contributed by atoms with Crippen LogP contribution >= 0.6 is 11.8 Å². The highest BCUT2D eigenvalue weighted by molar-refractivity contribution is 8.00. The monoisotopic (exact) mass is 265 g/mol. The molecule has 18 heavy (non-hydrogen) atoms. The van der Waals surface area contributed by atoms with Gasteiger partial charge in [0.15, 0.2) is 0 Å². The summed E-state index contributed by atoms with van der Waals surface area (Å²) in [4.78, 5) is 11.4. The second kappa shape index (κ2) is 5.10. The van der Waals surface area contributed by atoms with Crippen LogP contribution in [0.3, 0.4) is 0 Å². The van der Waals surface area contributed by atoms with Gasteiger partial charge in [-0.1, -0.05) is 6.42 Å². The lowest BCUT2D eigenvalue weighted by Gasteiger charge is -2.40. The zero-order chi connectivity index (χ0) is 13.2. The summed E-state index contributed by atoms with van der Waals surface area (Å²) in [5.74, 6) is -0.448. The Morgan fingerprint density at radius 2 is 2.22 bits per heavy atom. The number of hydrogen-bond acceptors (Lipinski definition) is 4. The number of nitrogens with two attached hydrogens (primary N) is 2. The van der Waals surface area contributed by atoms with Gasteiger partial charge in [0.2, 0.25) is 0 Å². The Hall–Kier alpha value is -1.36. The van der Waals surface area contributed by atoms with Gasteiger partial charge in [-0.3, -0.25) is 4.79 Å². The normalized spacial score (nSPS) is 16.9.